The summed E-state index contributed by atoms with van der Waals surface area (Å²) in [7, 11) is 0. The van der Waals surface area contributed by atoms with Crippen LogP contribution in [0.3, 0.4) is 0 Å². The van der Waals surface area contributed by atoms with Crippen molar-refractivity contribution in [3.05, 3.63) is 34.6 Å². The minimum atomic E-state index is -0.231. The molecular weight excluding hydrogens is 265 g/mol. The standard InChI is InChI=1S/C15H21ClFNO/c1-3-18-15(12-6-10(2)19-9-12)8-11-7-13(17)4-5-14(11)16/h4-5,7,10,12,15,18H,3,6,8-9H2,1-2H3. The Hall–Kier alpha value is -0.640. The van der Waals surface area contributed by atoms with Crippen molar-refractivity contribution in [1.82, 2.24) is 5.32 Å². The molecule has 1 aromatic carbocycles. The third kappa shape index (κ3) is 3.91. The molecule has 1 fully saturated rings. The molecule has 0 saturated carbocycles. The van der Waals surface area contributed by atoms with Gasteiger partial charge in [-0.3, -0.25) is 0 Å². The quantitative estimate of drug-likeness (QED) is 0.895. The zero-order chi connectivity index (χ0) is 13.8. The Kier molecular flexibility index (Phi) is 5.20. The second-order valence-electron chi connectivity index (χ2n) is 5.24. The summed E-state index contributed by atoms with van der Waals surface area (Å²) in [5.74, 6) is 0.236. The lowest BCUT2D eigenvalue weighted by molar-refractivity contribution is 0.117. The van der Waals surface area contributed by atoms with E-state index in [9.17, 15) is 4.39 Å². The first-order valence-electron chi connectivity index (χ1n) is 6.89. The predicted molar refractivity (Wildman–Crippen MR) is 76.1 cm³/mol. The Labute approximate surface area is 119 Å². The summed E-state index contributed by atoms with van der Waals surface area (Å²) in [6, 6.07) is 4.85. The Morgan fingerprint density at radius 2 is 2.32 bits per heavy atom. The van der Waals surface area contributed by atoms with Gasteiger partial charge in [0.15, 0.2) is 0 Å². The molecule has 1 saturated heterocycles. The van der Waals surface area contributed by atoms with Gasteiger partial charge in [0.1, 0.15) is 5.82 Å². The van der Waals surface area contributed by atoms with Gasteiger partial charge in [-0.2, -0.15) is 0 Å². The molecule has 2 rings (SSSR count). The van der Waals surface area contributed by atoms with E-state index in [2.05, 4.69) is 19.2 Å². The zero-order valence-electron chi connectivity index (χ0n) is 11.5. The third-order valence-electron chi connectivity index (χ3n) is 3.71. The summed E-state index contributed by atoms with van der Waals surface area (Å²) in [6.45, 7) is 5.84. The van der Waals surface area contributed by atoms with E-state index in [1.807, 2.05) is 0 Å². The molecule has 1 aromatic rings. The van der Waals surface area contributed by atoms with Crippen molar-refractivity contribution >= 4 is 11.6 Å². The third-order valence-corrected chi connectivity index (χ3v) is 4.08. The van der Waals surface area contributed by atoms with Crippen LogP contribution in [-0.2, 0) is 11.2 Å². The van der Waals surface area contributed by atoms with E-state index in [1.54, 1.807) is 6.07 Å². The molecule has 1 N–H and O–H groups in total. The van der Waals surface area contributed by atoms with Gasteiger partial charge in [0.25, 0.3) is 0 Å². The molecule has 2 nitrogen and oxygen atoms in total. The first-order valence-corrected chi connectivity index (χ1v) is 7.26. The van der Waals surface area contributed by atoms with Crippen LogP contribution >= 0.6 is 11.6 Å². The Morgan fingerprint density at radius 1 is 1.53 bits per heavy atom. The van der Waals surface area contributed by atoms with Crippen molar-refractivity contribution in [3.63, 3.8) is 0 Å². The molecule has 0 bridgehead atoms. The maximum Gasteiger partial charge on any atom is 0.123 e. The lowest BCUT2D eigenvalue weighted by atomic mass is 9.91. The van der Waals surface area contributed by atoms with Crippen LogP contribution in [-0.4, -0.2) is 25.3 Å². The number of likely N-dealkylation sites (N-methyl/N-ethyl adjacent to an activating group) is 1. The monoisotopic (exact) mass is 285 g/mol. The first-order chi connectivity index (χ1) is 9.10. The van der Waals surface area contributed by atoms with E-state index < -0.39 is 0 Å². The van der Waals surface area contributed by atoms with Crippen LogP contribution in [0.1, 0.15) is 25.8 Å². The number of benzene rings is 1. The molecule has 4 heteroatoms. The zero-order valence-corrected chi connectivity index (χ0v) is 12.2. The fraction of sp³-hybridized carbons (Fsp3) is 0.600. The maximum atomic E-state index is 13.3. The molecular formula is C15H21ClFNO. The van der Waals surface area contributed by atoms with E-state index in [0.717, 1.165) is 31.6 Å². The number of nitrogens with one attached hydrogen (secondary N) is 1. The van der Waals surface area contributed by atoms with Gasteiger partial charge in [0, 0.05) is 17.0 Å². The Bertz CT molecular complexity index is 427. The normalized spacial score (nSPS) is 24.6. The van der Waals surface area contributed by atoms with Gasteiger partial charge in [-0.15, -0.1) is 0 Å². The summed E-state index contributed by atoms with van der Waals surface area (Å²) in [5.41, 5.74) is 0.868. The van der Waals surface area contributed by atoms with Gasteiger partial charge >= 0.3 is 0 Å². The molecule has 1 aliphatic rings. The summed E-state index contributed by atoms with van der Waals surface area (Å²) in [6.07, 6.45) is 2.10. The molecule has 1 heterocycles. The second-order valence-corrected chi connectivity index (χ2v) is 5.65. The average molecular weight is 286 g/mol. The van der Waals surface area contributed by atoms with Gasteiger partial charge in [-0.05, 0) is 50.1 Å². The van der Waals surface area contributed by atoms with Gasteiger partial charge in [0.05, 0.1) is 12.7 Å². The van der Waals surface area contributed by atoms with Crippen LogP contribution in [0.15, 0.2) is 18.2 Å². The van der Waals surface area contributed by atoms with Gasteiger partial charge in [-0.25, -0.2) is 4.39 Å². The van der Waals surface area contributed by atoms with E-state index in [0.29, 0.717) is 17.0 Å². The van der Waals surface area contributed by atoms with Crippen LogP contribution in [0.5, 0.6) is 0 Å². The number of ether oxygens (including phenoxy) is 1. The molecule has 19 heavy (non-hydrogen) atoms. The highest BCUT2D eigenvalue weighted by Gasteiger charge is 2.29. The van der Waals surface area contributed by atoms with Gasteiger partial charge in [-0.1, -0.05) is 18.5 Å². The fourth-order valence-electron chi connectivity index (χ4n) is 2.74. The van der Waals surface area contributed by atoms with Crippen LogP contribution in [0.4, 0.5) is 4.39 Å². The van der Waals surface area contributed by atoms with Crippen molar-refractivity contribution in [2.45, 2.75) is 38.8 Å². The molecule has 3 unspecified atom stereocenters. The van der Waals surface area contributed by atoms with Crippen LogP contribution in [0.2, 0.25) is 5.02 Å². The molecule has 0 spiro atoms. The summed E-state index contributed by atoms with van der Waals surface area (Å²) in [4.78, 5) is 0. The first kappa shape index (κ1) is 14.8. The molecule has 0 aromatic heterocycles. The highest BCUT2D eigenvalue weighted by molar-refractivity contribution is 6.31. The van der Waals surface area contributed by atoms with Crippen LogP contribution < -0.4 is 5.32 Å². The van der Waals surface area contributed by atoms with Crippen LogP contribution in [0.25, 0.3) is 0 Å². The predicted octanol–water partition coefficient (Wildman–Crippen LogP) is 3.42. The van der Waals surface area contributed by atoms with Crippen molar-refractivity contribution in [1.29, 1.82) is 0 Å². The van der Waals surface area contributed by atoms with Gasteiger partial charge < -0.3 is 10.1 Å². The molecule has 106 valence electrons. The minimum Gasteiger partial charge on any atom is -0.378 e. The fourth-order valence-corrected chi connectivity index (χ4v) is 2.93. The highest BCUT2D eigenvalue weighted by atomic mass is 35.5. The Morgan fingerprint density at radius 3 is 2.95 bits per heavy atom. The summed E-state index contributed by atoms with van der Waals surface area (Å²) < 4.78 is 19.0. The summed E-state index contributed by atoms with van der Waals surface area (Å²) in [5, 5.41) is 4.11. The van der Waals surface area contributed by atoms with E-state index in [1.165, 1.54) is 12.1 Å². The van der Waals surface area contributed by atoms with Gasteiger partial charge in [0.2, 0.25) is 0 Å². The van der Waals surface area contributed by atoms with E-state index in [4.69, 9.17) is 16.3 Å². The second kappa shape index (κ2) is 6.69. The topological polar surface area (TPSA) is 21.3 Å². The maximum absolute atomic E-state index is 13.3. The van der Waals surface area contributed by atoms with Crippen molar-refractivity contribution < 1.29 is 9.13 Å². The lowest BCUT2D eigenvalue weighted by Gasteiger charge is -2.24. The number of hydrogen-bond acceptors (Lipinski definition) is 2. The Balaban J connectivity index is 2.09. The summed E-state index contributed by atoms with van der Waals surface area (Å²) >= 11 is 6.15. The molecule has 3 atom stereocenters. The number of rotatable bonds is 5. The van der Waals surface area contributed by atoms with E-state index in [-0.39, 0.29) is 11.9 Å². The largest absolute Gasteiger partial charge is 0.378 e. The van der Waals surface area contributed by atoms with Crippen LogP contribution in [0, 0.1) is 11.7 Å². The average Bonchev–Trinajstić information content (AvgIpc) is 2.80. The SMILES string of the molecule is CCNC(Cc1cc(F)ccc1Cl)C1COC(C)C1. The minimum absolute atomic E-state index is 0.231. The number of hydrogen-bond donors (Lipinski definition) is 1. The van der Waals surface area contributed by atoms with Crippen molar-refractivity contribution in [3.8, 4) is 0 Å². The lowest BCUT2D eigenvalue weighted by Crippen LogP contribution is -2.38. The van der Waals surface area contributed by atoms with Crippen molar-refractivity contribution in [2.24, 2.45) is 5.92 Å². The molecule has 1 aliphatic heterocycles. The molecule has 0 radical (unpaired) electrons. The number of halogens is 2. The highest BCUT2D eigenvalue weighted by Crippen LogP contribution is 2.26. The smallest absolute Gasteiger partial charge is 0.123 e. The van der Waals surface area contributed by atoms with Crippen molar-refractivity contribution in [2.75, 3.05) is 13.2 Å². The molecule has 0 amide bonds. The molecule has 0 aliphatic carbocycles. The van der Waals surface area contributed by atoms with E-state index >= 15 is 0 Å².